The molecular weight excluding hydrogens is 414 g/mol. The topological polar surface area (TPSA) is 41.6 Å². The SMILES string of the molecule is O=C(Cc1cccc(C(F)(F)F)c1)Nc1cc(C(F)(F)F)ccc1N1CCOCC1. The molecule has 1 fully saturated rings. The van der Waals surface area contributed by atoms with E-state index in [9.17, 15) is 31.1 Å². The number of halogens is 6. The first kappa shape index (κ1) is 21.9. The average Bonchev–Trinajstić information content (AvgIpc) is 2.67. The Kier molecular flexibility index (Phi) is 6.25. The molecule has 162 valence electrons. The summed E-state index contributed by atoms with van der Waals surface area (Å²) in [4.78, 5) is 14.2. The molecule has 1 amide bonds. The van der Waals surface area contributed by atoms with Gasteiger partial charge in [-0.05, 0) is 29.8 Å². The molecule has 0 atom stereocenters. The fourth-order valence-electron chi connectivity index (χ4n) is 3.13. The minimum Gasteiger partial charge on any atom is -0.378 e. The number of benzene rings is 2. The number of nitrogens with one attached hydrogen (secondary N) is 1. The number of carbonyl (C=O) groups excluding carboxylic acids is 1. The molecule has 1 saturated heterocycles. The van der Waals surface area contributed by atoms with Crippen LogP contribution in [0.4, 0.5) is 37.7 Å². The van der Waals surface area contributed by atoms with E-state index in [4.69, 9.17) is 4.74 Å². The van der Waals surface area contributed by atoms with Crippen molar-refractivity contribution >= 4 is 17.3 Å². The third-order valence-electron chi connectivity index (χ3n) is 4.57. The van der Waals surface area contributed by atoms with Crippen LogP contribution in [0.1, 0.15) is 16.7 Å². The highest BCUT2D eigenvalue weighted by atomic mass is 19.4. The maximum absolute atomic E-state index is 13.1. The number of amides is 1. The number of anilines is 2. The lowest BCUT2D eigenvalue weighted by atomic mass is 10.1. The van der Waals surface area contributed by atoms with Gasteiger partial charge in [-0.3, -0.25) is 4.79 Å². The van der Waals surface area contributed by atoms with Crippen molar-refractivity contribution in [2.75, 3.05) is 36.5 Å². The van der Waals surface area contributed by atoms with Crippen molar-refractivity contribution in [1.29, 1.82) is 0 Å². The number of hydrogen-bond acceptors (Lipinski definition) is 3. The van der Waals surface area contributed by atoms with Crippen molar-refractivity contribution in [3.63, 3.8) is 0 Å². The van der Waals surface area contributed by atoms with Crippen molar-refractivity contribution in [3.8, 4) is 0 Å². The first-order valence-corrected chi connectivity index (χ1v) is 9.04. The van der Waals surface area contributed by atoms with Crippen LogP contribution in [0, 0.1) is 0 Å². The summed E-state index contributed by atoms with van der Waals surface area (Å²) < 4.78 is 83.2. The second-order valence-corrected chi connectivity index (χ2v) is 6.75. The second-order valence-electron chi connectivity index (χ2n) is 6.75. The quantitative estimate of drug-likeness (QED) is 0.710. The molecule has 0 bridgehead atoms. The molecule has 0 spiro atoms. The van der Waals surface area contributed by atoms with E-state index in [-0.39, 0.29) is 11.3 Å². The summed E-state index contributed by atoms with van der Waals surface area (Å²) in [5.74, 6) is -0.719. The van der Waals surface area contributed by atoms with E-state index in [0.29, 0.717) is 32.0 Å². The van der Waals surface area contributed by atoms with Gasteiger partial charge in [-0.2, -0.15) is 26.3 Å². The van der Waals surface area contributed by atoms with Gasteiger partial charge in [0, 0.05) is 13.1 Å². The van der Waals surface area contributed by atoms with Gasteiger partial charge in [0.2, 0.25) is 5.91 Å². The van der Waals surface area contributed by atoms with Gasteiger partial charge >= 0.3 is 12.4 Å². The zero-order valence-electron chi connectivity index (χ0n) is 15.6. The predicted molar refractivity (Wildman–Crippen MR) is 98.3 cm³/mol. The molecule has 0 radical (unpaired) electrons. The minimum atomic E-state index is -4.61. The average molecular weight is 432 g/mol. The van der Waals surface area contributed by atoms with E-state index in [1.165, 1.54) is 18.2 Å². The van der Waals surface area contributed by atoms with Crippen LogP contribution in [-0.2, 0) is 28.3 Å². The normalized spacial score (nSPS) is 15.2. The van der Waals surface area contributed by atoms with Gasteiger partial charge in [0.05, 0.1) is 42.1 Å². The molecule has 1 heterocycles. The molecule has 2 aromatic carbocycles. The monoisotopic (exact) mass is 432 g/mol. The highest BCUT2D eigenvalue weighted by Crippen LogP contribution is 2.36. The molecule has 10 heteroatoms. The Bertz CT molecular complexity index is 905. The van der Waals surface area contributed by atoms with Crippen molar-refractivity contribution in [1.82, 2.24) is 0 Å². The zero-order valence-corrected chi connectivity index (χ0v) is 15.6. The fraction of sp³-hybridized carbons (Fsp3) is 0.350. The standard InChI is InChI=1S/C20H18F6N2O2/c21-19(22,23)14-3-1-2-13(10-14)11-18(29)27-16-12-15(20(24,25)26)4-5-17(16)28-6-8-30-9-7-28/h1-5,10,12H,6-9,11H2,(H,27,29). The van der Waals surface area contributed by atoms with E-state index < -0.39 is 35.8 Å². The van der Waals surface area contributed by atoms with Gasteiger partial charge in [-0.1, -0.05) is 18.2 Å². The van der Waals surface area contributed by atoms with E-state index in [1.807, 2.05) is 0 Å². The third-order valence-corrected chi connectivity index (χ3v) is 4.57. The molecule has 0 aliphatic carbocycles. The van der Waals surface area contributed by atoms with Gasteiger partial charge in [0.1, 0.15) is 0 Å². The van der Waals surface area contributed by atoms with Crippen LogP contribution in [0.3, 0.4) is 0 Å². The first-order chi connectivity index (χ1) is 14.0. The van der Waals surface area contributed by atoms with Crippen molar-refractivity contribution in [2.24, 2.45) is 0 Å². The Morgan fingerprint density at radius 3 is 2.20 bits per heavy atom. The molecule has 30 heavy (non-hydrogen) atoms. The highest BCUT2D eigenvalue weighted by Gasteiger charge is 2.32. The number of ether oxygens (including phenoxy) is 1. The maximum atomic E-state index is 13.1. The Balaban J connectivity index is 1.84. The van der Waals surface area contributed by atoms with Crippen LogP contribution in [0.2, 0.25) is 0 Å². The van der Waals surface area contributed by atoms with Crippen LogP contribution in [-0.4, -0.2) is 32.2 Å². The molecule has 1 N–H and O–H groups in total. The molecule has 3 rings (SSSR count). The summed E-state index contributed by atoms with van der Waals surface area (Å²) in [5.41, 5.74) is -1.40. The number of nitrogens with zero attached hydrogens (tertiary/aromatic N) is 1. The Hall–Kier alpha value is -2.75. The second kappa shape index (κ2) is 8.55. The summed E-state index contributed by atoms with van der Waals surface area (Å²) in [7, 11) is 0. The predicted octanol–water partition coefficient (Wildman–Crippen LogP) is 4.74. The third kappa shape index (κ3) is 5.44. The van der Waals surface area contributed by atoms with E-state index in [0.717, 1.165) is 24.3 Å². The Labute approximate surface area is 168 Å². The minimum absolute atomic E-state index is 0.0521. The number of carbonyl (C=O) groups is 1. The van der Waals surface area contributed by atoms with Crippen molar-refractivity contribution < 1.29 is 35.9 Å². The molecular formula is C20H18F6N2O2. The molecule has 0 unspecified atom stereocenters. The van der Waals surface area contributed by atoms with Crippen molar-refractivity contribution in [3.05, 3.63) is 59.2 Å². The van der Waals surface area contributed by atoms with Crippen molar-refractivity contribution in [2.45, 2.75) is 18.8 Å². The van der Waals surface area contributed by atoms with Crippen LogP contribution >= 0.6 is 0 Å². The summed E-state index contributed by atoms with van der Waals surface area (Å²) >= 11 is 0. The molecule has 1 aliphatic rings. The lowest BCUT2D eigenvalue weighted by Crippen LogP contribution is -2.37. The molecule has 1 aliphatic heterocycles. The van der Waals surface area contributed by atoms with Crippen LogP contribution < -0.4 is 10.2 Å². The highest BCUT2D eigenvalue weighted by molar-refractivity contribution is 5.95. The zero-order chi connectivity index (χ0) is 21.9. The lowest BCUT2D eigenvalue weighted by Gasteiger charge is -2.31. The number of rotatable bonds is 4. The Morgan fingerprint density at radius 2 is 1.57 bits per heavy atom. The lowest BCUT2D eigenvalue weighted by molar-refractivity contribution is -0.138. The Morgan fingerprint density at radius 1 is 0.933 bits per heavy atom. The smallest absolute Gasteiger partial charge is 0.378 e. The van der Waals surface area contributed by atoms with E-state index >= 15 is 0 Å². The molecule has 4 nitrogen and oxygen atoms in total. The molecule has 0 saturated carbocycles. The number of alkyl halides is 6. The van der Waals surface area contributed by atoms with E-state index in [2.05, 4.69) is 5.32 Å². The van der Waals surface area contributed by atoms with Crippen LogP contribution in [0.5, 0.6) is 0 Å². The van der Waals surface area contributed by atoms with Crippen LogP contribution in [0.15, 0.2) is 42.5 Å². The summed E-state index contributed by atoms with van der Waals surface area (Å²) in [6.45, 7) is 1.64. The van der Waals surface area contributed by atoms with Gasteiger partial charge in [-0.25, -0.2) is 0 Å². The number of hydrogen-bond donors (Lipinski definition) is 1. The van der Waals surface area contributed by atoms with Gasteiger partial charge in [0.15, 0.2) is 0 Å². The maximum Gasteiger partial charge on any atom is 0.416 e. The largest absolute Gasteiger partial charge is 0.416 e. The number of morpholine rings is 1. The first-order valence-electron chi connectivity index (χ1n) is 9.04. The van der Waals surface area contributed by atoms with E-state index in [1.54, 1.807) is 4.90 Å². The molecule has 0 aromatic heterocycles. The summed E-state index contributed by atoms with van der Waals surface area (Å²) in [6.07, 6.45) is -9.58. The van der Waals surface area contributed by atoms with Gasteiger partial charge < -0.3 is 15.0 Å². The van der Waals surface area contributed by atoms with Crippen LogP contribution in [0.25, 0.3) is 0 Å². The van der Waals surface area contributed by atoms with Gasteiger partial charge in [-0.15, -0.1) is 0 Å². The van der Waals surface area contributed by atoms with Gasteiger partial charge in [0.25, 0.3) is 0 Å². The molecule has 2 aromatic rings. The summed E-state index contributed by atoms with van der Waals surface area (Å²) in [5, 5.41) is 2.42. The summed E-state index contributed by atoms with van der Waals surface area (Å²) in [6, 6.07) is 7.27. The fourth-order valence-corrected chi connectivity index (χ4v) is 3.13.